The van der Waals surface area contributed by atoms with Gasteiger partial charge in [0.25, 0.3) is 0 Å². The smallest absolute Gasteiger partial charge is 0.0845 e. The highest BCUT2D eigenvalue weighted by molar-refractivity contribution is 6.33. The molecule has 2 nitrogen and oxygen atoms in total. The van der Waals surface area contributed by atoms with E-state index in [1.165, 1.54) is 0 Å². The van der Waals surface area contributed by atoms with Crippen molar-refractivity contribution in [2.75, 3.05) is 6.54 Å². The van der Waals surface area contributed by atoms with E-state index in [0.29, 0.717) is 16.6 Å². The van der Waals surface area contributed by atoms with E-state index in [4.69, 9.17) is 28.5 Å². The van der Waals surface area contributed by atoms with Crippen LogP contribution in [0.4, 0.5) is 0 Å². The summed E-state index contributed by atoms with van der Waals surface area (Å²) < 4.78 is 0. The zero-order chi connectivity index (χ0) is 10.6. The quantitative estimate of drug-likeness (QED) is 0.808. The topological polar surface area (TPSA) is 35.8 Å². The van der Waals surface area contributed by atoms with Crippen molar-refractivity contribution < 1.29 is 0 Å². The lowest BCUT2D eigenvalue weighted by Crippen LogP contribution is -2.18. The van der Waals surface area contributed by atoms with Crippen molar-refractivity contribution in [2.45, 2.75) is 13.0 Å². The van der Waals surface area contributed by atoms with Gasteiger partial charge in [-0.15, -0.1) is 0 Å². The second kappa shape index (κ2) is 5.21. The molecular formula is C10H10Cl2N2. The molecule has 0 radical (unpaired) electrons. The van der Waals surface area contributed by atoms with Crippen LogP contribution in [0.25, 0.3) is 0 Å². The fourth-order valence-electron chi connectivity index (χ4n) is 1.16. The maximum absolute atomic E-state index is 8.41. The van der Waals surface area contributed by atoms with Gasteiger partial charge in [-0.3, -0.25) is 5.32 Å². The van der Waals surface area contributed by atoms with Crippen molar-refractivity contribution in [2.24, 2.45) is 0 Å². The van der Waals surface area contributed by atoms with Crippen molar-refractivity contribution in [1.82, 2.24) is 5.32 Å². The second-order valence-corrected chi connectivity index (χ2v) is 3.77. The number of hydrogen-bond donors (Lipinski definition) is 1. The predicted molar refractivity (Wildman–Crippen MR) is 58.5 cm³/mol. The Balaban J connectivity index is 2.83. The molecule has 0 saturated carbocycles. The highest BCUT2D eigenvalue weighted by atomic mass is 35.5. The molecule has 0 bridgehead atoms. The molecule has 0 heterocycles. The van der Waals surface area contributed by atoms with Crippen LogP contribution in [0.15, 0.2) is 18.2 Å². The highest BCUT2D eigenvalue weighted by Crippen LogP contribution is 2.25. The molecule has 0 aliphatic heterocycles. The second-order valence-electron chi connectivity index (χ2n) is 2.93. The Morgan fingerprint density at radius 1 is 1.50 bits per heavy atom. The molecule has 0 amide bonds. The van der Waals surface area contributed by atoms with Gasteiger partial charge in [-0.25, -0.2) is 0 Å². The molecule has 0 aliphatic carbocycles. The first kappa shape index (κ1) is 11.3. The molecule has 0 fully saturated rings. The Kier molecular flexibility index (Phi) is 4.21. The maximum Gasteiger partial charge on any atom is 0.0845 e. The Morgan fingerprint density at radius 3 is 2.86 bits per heavy atom. The van der Waals surface area contributed by atoms with E-state index in [-0.39, 0.29) is 6.04 Å². The zero-order valence-electron chi connectivity index (χ0n) is 7.72. The monoisotopic (exact) mass is 228 g/mol. The summed E-state index contributed by atoms with van der Waals surface area (Å²) >= 11 is 11.8. The normalized spacial score (nSPS) is 12.1. The summed E-state index contributed by atoms with van der Waals surface area (Å²) in [5, 5.41) is 12.7. The largest absolute Gasteiger partial charge is 0.298 e. The fourth-order valence-corrected chi connectivity index (χ4v) is 1.62. The van der Waals surface area contributed by atoms with Crippen LogP contribution < -0.4 is 5.32 Å². The van der Waals surface area contributed by atoms with Crippen LogP contribution >= 0.6 is 23.2 Å². The molecule has 0 saturated heterocycles. The van der Waals surface area contributed by atoms with E-state index in [0.717, 1.165) is 5.56 Å². The molecule has 0 aromatic heterocycles. The maximum atomic E-state index is 8.41. The minimum Gasteiger partial charge on any atom is -0.298 e. The first-order valence-corrected chi connectivity index (χ1v) is 4.96. The van der Waals surface area contributed by atoms with E-state index in [1.807, 2.05) is 13.0 Å². The summed E-state index contributed by atoms with van der Waals surface area (Å²) in [5.41, 5.74) is 0.911. The molecule has 1 atom stereocenters. The molecule has 14 heavy (non-hydrogen) atoms. The Hall–Kier alpha value is -0.750. The molecule has 1 aromatic carbocycles. The molecule has 0 spiro atoms. The van der Waals surface area contributed by atoms with Crippen LogP contribution in [0.2, 0.25) is 10.0 Å². The summed E-state index contributed by atoms with van der Waals surface area (Å²) in [6.45, 7) is 2.24. The zero-order valence-corrected chi connectivity index (χ0v) is 9.23. The third kappa shape index (κ3) is 2.88. The van der Waals surface area contributed by atoms with Gasteiger partial charge < -0.3 is 0 Å². The minimum absolute atomic E-state index is 0.0286. The van der Waals surface area contributed by atoms with Gasteiger partial charge in [0.15, 0.2) is 0 Å². The molecule has 74 valence electrons. The number of halogens is 2. The van der Waals surface area contributed by atoms with Crippen LogP contribution in [-0.2, 0) is 0 Å². The Morgan fingerprint density at radius 2 is 2.21 bits per heavy atom. The van der Waals surface area contributed by atoms with Gasteiger partial charge in [0.05, 0.1) is 12.6 Å². The summed E-state index contributed by atoms with van der Waals surface area (Å²) in [6, 6.07) is 7.34. The third-order valence-corrected chi connectivity index (χ3v) is 2.49. The average Bonchev–Trinajstić information content (AvgIpc) is 2.18. The van der Waals surface area contributed by atoms with Gasteiger partial charge in [0, 0.05) is 16.1 Å². The van der Waals surface area contributed by atoms with Crippen LogP contribution in [0.3, 0.4) is 0 Å². The first-order chi connectivity index (χ1) is 6.65. The molecule has 4 heteroatoms. The van der Waals surface area contributed by atoms with Gasteiger partial charge in [0.1, 0.15) is 0 Å². The fraction of sp³-hybridized carbons (Fsp3) is 0.300. The number of nitrogens with zero attached hydrogens (tertiary/aromatic N) is 1. The number of nitriles is 1. The molecule has 1 N–H and O–H groups in total. The highest BCUT2D eigenvalue weighted by Gasteiger charge is 2.08. The van der Waals surface area contributed by atoms with E-state index in [9.17, 15) is 0 Å². The number of benzene rings is 1. The van der Waals surface area contributed by atoms with Crippen LogP contribution in [0.5, 0.6) is 0 Å². The summed E-state index contributed by atoms with van der Waals surface area (Å²) in [6.07, 6.45) is 0. The molecule has 0 unspecified atom stereocenters. The first-order valence-electron chi connectivity index (χ1n) is 4.20. The SMILES string of the molecule is C[C@@H](NCC#N)c1cc(Cl)ccc1Cl. The van der Waals surface area contributed by atoms with Crippen LogP contribution in [0.1, 0.15) is 18.5 Å². The lowest BCUT2D eigenvalue weighted by Gasteiger charge is -2.13. The van der Waals surface area contributed by atoms with Crippen LogP contribution in [-0.4, -0.2) is 6.54 Å². The Labute approximate surface area is 93.4 Å². The predicted octanol–water partition coefficient (Wildman–Crippen LogP) is 3.17. The molecular weight excluding hydrogens is 219 g/mol. The minimum atomic E-state index is 0.0286. The van der Waals surface area contributed by atoms with Crippen molar-refractivity contribution in [3.05, 3.63) is 33.8 Å². The van der Waals surface area contributed by atoms with E-state index in [1.54, 1.807) is 18.2 Å². The van der Waals surface area contributed by atoms with Crippen molar-refractivity contribution in [1.29, 1.82) is 5.26 Å². The standard InChI is InChI=1S/C10H10Cl2N2/c1-7(14-5-4-13)9-6-8(11)2-3-10(9)12/h2-3,6-7,14H,5H2,1H3/t7-/m1/s1. The molecule has 1 aromatic rings. The summed E-state index contributed by atoms with van der Waals surface area (Å²) in [7, 11) is 0. The van der Waals surface area contributed by atoms with E-state index < -0.39 is 0 Å². The molecule has 1 rings (SSSR count). The van der Waals surface area contributed by atoms with Crippen molar-refractivity contribution in [3.8, 4) is 6.07 Å². The third-order valence-electron chi connectivity index (χ3n) is 1.91. The summed E-state index contributed by atoms with van der Waals surface area (Å²) in [5.74, 6) is 0. The summed E-state index contributed by atoms with van der Waals surface area (Å²) in [4.78, 5) is 0. The molecule has 0 aliphatic rings. The Bertz CT molecular complexity index is 358. The van der Waals surface area contributed by atoms with Gasteiger partial charge >= 0.3 is 0 Å². The van der Waals surface area contributed by atoms with E-state index >= 15 is 0 Å². The lowest BCUT2D eigenvalue weighted by molar-refractivity contribution is 0.621. The van der Waals surface area contributed by atoms with Gasteiger partial charge in [0.2, 0.25) is 0 Å². The number of nitrogens with one attached hydrogen (secondary N) is 1. The lowest BCUT2D eigenvalue weighted by atomic mass is 10.1. The number of hydrogen-bond acceptors (Lipinski definition) is 2. The van der Waals surface area contributed by atoms with Gasteiger partial charge in [-0.1, -0.05) is 23.2 Å². The number of rotatable bonds is 3. The van der Waals surface area contributed by atoms with Gasteiger partial charge in [-0.2, -0.15) is 5.26 Å². The van der Waals surface area contributed by atoms with Crippen molar-refractivity contribution in [3.63, 3.8) is 0 Å². The van der Waals surface area contributed by atoms with Crippen LogP contribution in [0, 0.1) is 11.3 Å². The van der Waals surface area contributed by atoms with E-state index in [2.05, 4.69) is 5.32 Å². The average molecular weight is 229 g/mol. The van der Waals surface area contributed by atoms with Crippen molar-refractivity contribution >= 4 is 23.2 Å². The van der Waals surface area contributed by atoms with Gasteiger partial charge in [-0.05, 0) is 30.7 Å².